The van der Waals surface area contributed by atoms with Gasteiger partial charge in [-0.1, -0.05) is 46.4 Å². The molecule has 1 atom stereocenters. The van der Waals surface area contributed by atoms with E-state index in [1.54, 1.807) is 0 Å². The van der Waals surface area contributed by atoms with Gasteiger partial charge in [-0.2, -0.15) is 0 Å². The smallest absolute Gasteiger partial charge is 0.302 e. The summed E-state index contributed by atoms with van der Waals surface area (Å²) in [5.74, 6) is -0.453. The summed E-state index contributed by atoms with van der Waals surface area (Å²) in [6, 6.07) is 0. The molecule has 0 aromatic rings. The molecule has 3 nitrogen and oxygen atoms in total. The van der Waals surface area contributed by atoms with Gasteiger partial charge in [0, 0.05) is 13.3 Å². The summed E-state index contributed by atoms with van der Waals surface area (Å²) < 4.78 is 1.32. The van der Waals surface area contributed by atoms with Gasteiger partial charge in [0.05, 0.1) is 12.7 Å². The lowest BCUT2D eigenvalue weighted by Crippen LogP contribution is -2.45. The lowest BCUT2D eigenvalue weighted by Gasteiger charge is -2.34. The van der Waals surface area contributed by atoms with Gasteiger partial charge in [-0.25, -0.2) is 0 Å². The highest BCUT2D eigenvalue weighted by Crippen LogP contribution is 2.47. The average Bonchev–Trinajstić information content (AvgIpc) is 2.02. The monoisotopic (exact) mass is 296 g/mol. The van der Waals surface area contributed by atoms with E-state index < -0.39 is 20.7 Å². The van der Waals surface area contributed by atoms with Crippen molar-refractivity contribution in [1.29, 1.82) is 0 Å². The third kappa shape index (κ3) is 4.53. The summed E-state index contributed by atoms with van der Waals surface area (Å²) in [4.78, 5) is 10.5. The predicted octanol–water partition coefficient (Wildman–Crippen LogP) is 2.67. The van der Waals surface area contributed by atoms with E-state index in [9.17, 15) is 9.90 Å². The third-order valence-electron chi connectivity index (χ3n) is 1.73. The number of carbonyl (C=O) groups excluding carboxylic acids is 1. The molecule has 0 fully saturated rings. The number of alkyl halides is 4. The molecule has 15 heavy (non-hydrogen) atoms. The number of halogens is 4. The van der Waals surface area contributed by atoms with Crippen molar-refractivity contribution in [3.8, 4) is 0 Å². The SMILES string of the molecule is CC(=O)OCCC(Cl)(Cl)C(Cl)(Cl)C(C)O. The molecule has 1 unspecified atom stereocenters. The molecule has 0 aromatic carbocycles. The van der Waals surface area contributed by atoms with Crippen molar-refractivity contribution in [2.45, 2.75) is 35.0 Å². The van der Waals surface area contributed by atoms with Crippen LogP contribution in [0.1, 0.15) is 20.3 Å². The first kappa shape index (κ1) is 15.6. The first-order valence-electron chi connectivity index (χ1n) is 4.18. The fourth-order valence-corrected chi connectivity index (χ4v) is 1.45. The molecule has 0 aromatic heterocycles. The highest BCUT2D eigenvalue weighted by molar-refractivity contribution is 6.62. The summed E-state index contributed by atoms with van der Waals surface area (Å²) in [6.07, 6.45) is -1.10. The van der Waals surface area contributed by atoms with Gasteiger partial charge in [0.2, 0.25) is 0 Å². The van der Waals surface area contributed by atoms with Crippen LogP contribution in [0.25, 0.3) is 0 Å². The molecular weight excluding hydrogens is 286 g/mol. The summed E-state index contributed by atoms with van der Waals surface area (Å²) in [7, 11) is 0. The molecule has 0 heterocycles. The summed E-state index contributed by atoms with van der Waals surface area (Å²) in [6.45, 7) is 2.61. The van der Waals surface area contributed by atoms with Gasteiger partial charge >= 0.3 is 5.97 Å². The molecule has 0 saturated heterocycles. The van der Waals surface area contributed by atoms with E-state index in [-0.39, 0.29) is 13.0 Å². The first-order valence-corrected chi connectivity index (χ1v) is 5.69. The number of carbonyl (C=O) groups is 1. The summed E-state index contributed by atoms with van der Waals surface area (Å²) in [5.41, 5.74) is 0. The van der Waals surface area contributed by atoms with Gasteiger partial charge in [-0.15, -0.1) is 0 Å². The minimum Gasteiger partial charge on any atom is -0.466 e. The van der Waals surface area contributed by atoms with E-state index in [0.717, 1.165) is 0 Å². The van der Waals surface area contributed by atoms with Crippen molar-refractivity contribution in [3.05, 3.63) is 0 Å². The van der Waals surface area contributed by atoms with Crippen molar-refractivity contribution in [2.75, 3.05) is 6.61 Å². The zero-order valence-corrected chi connectivity index (χ0v) is 11.3. The van der Waals surface area contributed by atoms with Crippen LogP contribution in [0.2, 0.25) is 0 Å². The second kappa shape index (κ2) is 5.78. The highest BCUT2D eigenvalue weighted by atomic mass is 35.5. The molecule has 0 radical (unpaired) electrons. The fourth-order valence-electron chi connectivity index (χ4n) is 0.795. The second-order valence-electron chi connectivity index (χ2n) is 3.09. The summed E-state index contributed by atoms with van der Waals surface area (Å²) >= 11 is 23.3. The second-order valence-corrected chi connectivity index (χ2v) is 5.96. The molecule has 0 spiro atoms. The van der Waals surface area contributed by atoms with Gasteiger partial charge in [-0.3, -0.25) is 4.79 Å². The fraction of sp³-hybridized carbons (Fsp3) is 0.875. The van der Waals surface area contributed by atoms with Crippen LogP contribution in [-0.4, -0.2) is 32.5 Å². The van der Waals surface area contributed by atoms with Gasteiger partial charge in [0.1, 0.15) is 0 Å². The van der Waals surface area contributed by atoms with Crippen LogP contribution in [0.3, 0.4) is 0 Å². The zero-order chi connectivity index (χ0) is 12.3. The number of ether oxygens (including phenoxy) is 1. The Kier molecular flexibility index (Phi) is 6.01. The van der Waals surface area contributed by atoms with E-state index in [1.165, 1.54) is 13.8 Å². The van der Waals surface area contributed by atoms with Gasteiger partial charge < -0.3 is 9.84 Å². The first-order chi connectivity index (χ1) is 6.61. The number of rotatable bonds is 5. The van der Waals surface area contributed by atoms with Crippen LogP contribution in [0.5, 0.6) is 0 Å². The maximum atomic E-state index is 10.5. The van der Waals surface area contributed by atoms with Crippen LogP contribution in [0.4, 0.5) is 0 Å². The van der Waals surface area contributed by atoms with E-state index in [1.807, 2.05) is 0 Å². The van der Waals surface area contributed by atoms with Gasteiger partial charge in [-0.05, 0) is 6.92 Å². The Morgan fingerprint density at radius 2 is 1.87 bits per heavy atom. The zero-order valence-electron chi connectivity index (χ0n) is 8.27. The molecule has 0 aliphatic carbocycles. The summed E-state index contributed by atoms with van der Waals surface area (Å²) in [5, 5.41) is 9.28. The van der Waals surface area contributed by atoms with Crippen LogP contribution >= 0.6 is 46.4 Å². The molecule has 0 amide bonds. The molecular formula is C8H12Cl4O3. The van der Waals surface area contributed by atoms with E-state index in [4.69, 9.17) is 46.4 Å². The van der Waals surface area contributed by atoms with Crippen molar-refractivity contribution >= 4 is 52.4 Å². The molecule has 0 bridgehead atoms. The predicted molar refractivity (Wildman–Crippen MR) is 61.8 cm³/mol. The topological polar surface area (TPSA) is 46.5 Å². The number of hydrogen-bond donors (Lipinski definition) is 1. The highest BCUT2D eigenvalue weighted by Gasteiger charge is 2.50. The van der Waals surface area contributed by atoms with Crippen molar-refractivity contribution in [2.24, 2.45) is 0 Å². The minimum absolute atomic E-state index is 0.0176. The average molecular weight is 298 g/mol. The minimum atomic E-state index is -1.73. The van der Waals surface area contributed by atoms with E-state index in [2.05, 4.69) is 4.74 Å². The number of esters is 1. The number of aliphatic hydroxyl groups is 1. The van der Waals surface area contributed by atoms with Crippen LogP contribution in [-0.2, 0) is 9.53 Å². The molecule has 7 heteroatoms. The van der Waals surface area contributed by atoms with Crippen molar-refractivity contribution < 1.29 is 14.6 Å². The normalized spacial score (nSPS) is 14.9. The Morgan fingerprint density at radius 3 is 2.20 bits per heavy atom. The van der Waals surface area contributed by atoms with Crippen molar-refractivity contribution in [3.63, 3.8) is 0 Å². The van der Waals surface area contributed by atoms with E-state index in [0.29, 0.717) is 0 Å². The van der Waals surface area contributed by atoms with Crippen LogP contribution < -0.4 is 0 Å². The largest absolute Gasteiger partial charge is 0.466 e. The molecule has 1 N–H and O–H groups in total. The van der Waals surface area contributed by atoms with Crippen LogP contribution in [0.15, 0.2) is 0 Å². The quantitative estimate of drug-likeness (QED) is 0.627. The number of aliphatic hydroxyl groups excluding tert-OH is 1. The Hall–Kier alpha value is 0.590. The standard InChI is InChI=1S/C8H12Cl4O3/c1-5(13)8(11,12)7(9,10)3-4-15-6(2)14/h5,13H,3-4H2,1-2H3. The Labute approximate surface area is 109 Å². The van der Waals surface area contributed by atoms with Gasteiger partial charge in [0.25, 0.3) is 0 Å². The maximum Gasteiger partial charge on any atom is 0.302 e. The molecule has 0 rings (SSSR count). The van der Waals surface area contributed by atoms with Crippen LogP contribution in [0, 0.1) is 0 Å². The Morgan fingerprint density at radius 1 is 1.40 bits per heavy atom. The molecule has 90 valence electrons. The lowest BCUT2D eigenvalue weighted by molar-refractivity contribution is -0.141. The molecule has 0 aliphatic rings. The maximum absolute atomic E-state index is 10.5. The Balaban J connectivity index is 4.34. The van der Waals surface area contributed by atoms with E-state index >= 15 is 0 Å². The lowest BCUT2D eigenvalue weighted by atomic mass is 10.1. The molecule has 0 aliphatic heterocycles. The molecule has 0 saturated carbocycles. The number of hydrogen-bond acceptors (Lipinski definition) is 3. The van der Waals surface area contributed by atoms with Crippen molar-refractivity contribution in [1.82, 2.24) is 0 Å². The van der Waals surface area contributed by atoms with Gasteiger partial charge in [0.15, 0.2) is 8.67 Å². The third-order valence-corrected chi connectivity index (χ3v) is 4.37. The Bertz CT molecular complexity index is 228.